The van der Waals surface area contributed by atoms with Gasteiger partial charge < -0.3 is 0 Å². The van der Waals surface area contributed by atoms with Crippen LogP contribution in [0.5, 0.6) is 0 Å². The molecule has 0 heteroatoms. The van der Waals surface area contributed by atoms with Gasteiger partial charge in [-0.05, 0) is 209 Å². The first kappa shape index (κ1) is 123. The van der Waals surface area contributed by atoms with Gasteiger partial charge in [-0.2, -0.15) is 0 Å². The van der Waals surface area contributed by atoms with Gasteiger partial charge in [0.1, 0.15) is 0 Å². The lowest BCUT2D eigenvalue weighted by Gasteiger charge is -2.45. The minimum atomic E-state index is 0.258. The number of fused-ring (bicyclic) bond motifs is 5. The van der Waals surface area contributed by atoms with Gasteiger partial charge in [0.2, 0.25) is 0 Å². The van der Waals surface area contributed by atoms with Gasteiger partial charge in [-0.15, -0.1) is 0 Å². The summed E-state index contributed by atoms with van der Waals surface area (Å²) in [5, 5.41) is 0. The number of hydrogen-bond acceptors (Lipinski definition) is 0. The molecule has 0 aromatic heterocycles. The van der Waals surface area contributed by atoms with E-state index < -0.39 is 0 Å². The molecule has 6 fully saturated rings. The van der Waals surface area contributed by atoms with Crippen molar-refractivity contribution in [2.24, 2.45) is 47.3 Å². The van der Waals surface area contributed by atoms with E-state index in [2.05, 4.69) is 298 Å². The quantitative estimate of drug-likeness (QED) is 0.128. The molecule has 6 aliphatic carbocycles. The molecule has 8 aromatic rings. The molecule has 0 nitrogen and oxygen atoms in total. The molecule has 6 aliphatic rings. The van der Waals surface area contributed by atoms with Gasteiger partial charge >= 0.3 is 0 Å². The zero-order valence-electron chi connectivity index (χ0n) is 86.0. The van der Waals surface area contributed by atoms with Crippen molar-refractivity contribution in [1.82, 2.24) is 0 Å². The summed E-state index contributed by atoms with van der Waals surface area (Å²) < 4.78 is 0. The number of benzene rings is 8. The zero-order valence-corrected chi connectivity index (χ0v) is 86.0. The first-order valence-electron chi connectivity index (χ1n) is 50.1. The van der Waals surface area contributed by atoms with Crippen LogP contribution in [0.15, 0.2) is 243 Å². The maximum absolute atomic E-state index is 2.47. The van der Waals surface area contributed by atoms with Crippen molar-refractivity contribution in [1.29, 1.82) is 0 Å². The van der Waals surface area contributed by atoms with Gasteiger partial charge in [-0.3, -0.25) is 0 Å². The molecule has 0 saturated heterocycles. The van der Waals surface area contributed by atoms with Crippen molar-refractivity contribution in [2.75, 3.05) is 0 Å². The third kappa shape index (κ3) is 37.2. The summed E-state index contributed by atoms with van der Waals surface area (Å²) in [6, 6.07) is 89.5. The lowest BCUT2D eigenvalue weighted by atomic mass is 9.59. The molecule has 0 aliphatic heterocycles. The Balaban J connectivity index is -0.000000317. The fraction of sp³-hybridized carbons (Fsp3) is 0.593. The van der Waals surface area contributed by atoms with Gasteiger partial charge in [0.05, 0.1) is 0 Å². The van der Waals surface area contributed by atoms with Crippen molar-refractivity contribution < 1.29 is 0 Å². The SMILES string of the molecule is CC.CC.CC.CC.CC.CC.CC.CC.CC.CC.CC.CC.CC.CC.CC.CC.CC(C)C1CCC(C)(c2ccccc2)CC1c1ccccc1.CC1(c2ccccc2)CCCC(C)(c2ccccc2)C1.CC1CCC(C(C)(C)c2ccccc2)CC1c1ccccc1.c1ccc(C2(c3ccccc3)CC3CC2C2CCCC32)cc1. The molecule has 0 spiro atoms. The maximum atomic E-state index is 2.47. The molecular weight excluding hydrogens is 1420 g/mol. The third-order valence-electron chi connectivity index (χ3n) is 24.0. The highest BCUT2D eigenvalue weighted by atomic mass is 14.7. The van der Waals surface area contributed by atoms with Crippen LogP contribution in [-0.4, -0.2) is 0 Å². The zero-order chi connectivity index (χ0) is 91.8. The van der Waals surface area contributed by atoms with Crippen LogP contribution < -0.4 is 0 Å². The van der Waals surface area contributed by atoms with Crippen LogP contribution in [0, 0.1) is 47.3 Å². The standard InChI is InChI=1S/C22H24.2C22H28.C20H24.16C2H6/c1-3-8-17(9-4-1)22(18-10-5-2-6-11-18)15-16-14-21(22)20-13-7-12-19(16)20;1-17-14-15-20(16-21(17)18-10-6-4-7-11-18)22(2,3)19-12-8-5-9-13-19;1-17(2)20-14-15-22(3,19-12-8-5-9-13-19)16-21(20)18-10-6-4-7-11-18;1-19(17-10-5-3-6-11-17)14-9-15-20(2,16-19)18-12-7-4-8-13-18;16*1-2/h1-6,8-11,16,19-21H,7,12-15H2;2*4-13,17,20-21H,14-16H2,1-3H3;3-8,10-13H,9,14-16H2,1-2H3;16*1-2H3. The van der Waals surface area contributed by atoms with Gasteiger partial charge in [0.25, 0.3) is 0 Å². The molecule has 2 bridgehead atoms. The van der Waals surface area contributed by atoms with Crippen LogP contribution in [-0.2, 0) is 27.1 Å². The Morgan fingerprint density at radius 2 is 0.602 bits per heavy atom. The van der Waals surface area contributed by atoms with Crippen molar-refractivity contribution in [3.05, 3.63) is 287 Å². The van der Waals surface area contributed by atoms with E-state index in [0.29, 0.717) is 33.5 Å². The molecule has 0 amide bonds. The Morgan fingerprint density at radius 1 is 0.297 bits per heavy atom. The highest BCUT2D eigenvalue weighted by Gasteiger charge is 2.61. The maximum Gasteiger partial charge on any atom is 0.0236 e. The fourth-order valence-electron chi connectivity index (χ4n) is 19.2. The summed E-state index contributed by atoms with van der Waals surface area (Å²) in [6.07, 6.45) is 20.4. The molecule has 12 atom stereocenters. The van der Waals surface area contributed by atoms with Crippen LogP contribution in [0.3, 0.4) is 0 Å². The van der Waals surface area contributed by atoms with E-state index >= 15 is 0 Å². The molecule has 672 valence electrons. The average molecular weight is 1620 g/mol. The summed E-state index contributed by atoms with van der Waals surface area (Å²) >= 11 is 0. The Hall–Kier alpha value is -6.24. The minimum Gasteiger partial charge on any atom is -0.0683 e. The average Bonchev–Trinajstić information content (AvgIpc) is 1.54. The highest BCUT2D eigenvalue weighted by Crippen LogP contribution is 2.68. The summed E-state index contributed by atoms with van der Waals surface area (Å²) in [5.74, 6) is 8.38. The fourth-order valence-corrected chi connectivity index (χ4v) is 19.2. The van der Waals surface area contributed by atoms with Gasteiger partial charge in [0, 0.05) is 5.41 Å². The van der Waals surface area contributed by atoms with Crippen LogP contribution >= 0.6 is 0 Å². The van der Waals surface area contributed by atoms with E-state index in [-0.39, 0.29) is 5.41 Å². The van der Waals surface area contributed by atoms with E-state index in [1.54, 1.807) is 11.1 Å². The van der Waals surface area contributed by atoms with Gasteiger partial charge in [-0.1, -0.05) is 532 Å². The highest BCUT2D eigenvalue weighted by molar-refractivity contribution is 5.44. The topological polar surface area (TPSA) is 0 Å². The summed E-state index contributed by atoms with van der Waals surface area (Å²) in [5.41, 5.74) is 13.7. The van der Waals surface area contributed by atoms with Crippen molar-refractivity contribution in [2.45, 2.75) is 412 Å². The van der Waals surface area contributed by atoms with Crippen molar-refractivity contribution >= 4 is 0 Å². The Kier molecular flexibility index (Phi) is 78.6. The molecule has 0 N–H and O–H groups in total. The minimum absolute atomic E-state index is 0.258. The molecule has 118 heavy (non-hydrogen) atoms. The van der Waals surface area contributed by atoms with Crippen LogP contribution in [0.4, 0.5) is 0 Å². The summed E-state index contributed by atoms with van der Waals surface area (Å²) in [6.45, 7) is 83.5. The van der Waals surface area contributed by atoms with Crippen LogP contribution in [0.25, 0.3) is 0 Å². The normalized spacial score (nSPS) is 22.6. The smallest absolute Gasteiger partial charge is 0.0236 e. The van der Waals surface area contributed by atoms with Gasteiger partial charge in [-0.25, -0.2) is 0 Å². The lowest BCUT2D eigenvalue weighted by molar-refractivity contribution is 0.171. The molecule has 0 radical (unpaired) electrons. The van der Waals surface area contributed by atoms with Gasteiger partial charge in [0.15, 0.2) is 0 Å². The predicted octanol–water partition coefficient (Wildman–Crippen LogP) is 39.7. The monoisotopic (exact) mass is 1620 g/mol. The summed E-state index contributed by atoms with van der Waals surface area (Å²) in [4.78, 5) is 0. The first-order chi connectivity index (χ1) is 57.7. The second-order valence-electron chi connectivity index (χ2n) is 29.8. The lowest BCUT2D eigenvalue weighted by Crippen LogP contribution is -2.40. The van der Waals surface area contributed by atoms with Crippen molar-refractivity contribution in [3.8, 4) is 0 Å². The molecule has 14 rings (SSSR count). The number of rotatable bonds is 10. The largest absolute Gasteiger partial charge is 0.0683 e. The molecular formula is C118H200. The Morgan fingerprint density at radius 3 is 0.949 bits per heavy atom. The number of hydrogen-bond donors (Lipinski definition) is 0. The van der Waals surface area contributed by atoms with Crippen molar-refractivity contribution in [3.63, 3.8) is 0 Å². The van der Waals surface area contributed by atoms with E-state index in [0.717, 1.165) is 47.3 Å². The molecule has 0 heterocycles. The first-order valence-corrected chi connectivity index (χ1v) is 50.1. The second kappa shape index (κ2) is 75.7. The molecule has 8 aromatic carbocycles. The van der Waals surface area contributed by atoms with E-state index in [1.165, 1.54) is 130 Å². The Labute approximate surface area is 741 Å². The molecule has 12 unspecified atom stereocenters. The van der Waals surface area contributed by atoms with E-state index in [4.69, 9.17) is 0 Å². The Bertz CT molecular complexity index is 3190. The third-order valence-corrected chi connectivity index (χ3v) is 24.0. The van der Waals surface area contributed by atoms with E-state index in [9.17, 15) is 0 Å². The van der Waals surface area contributed by atoms with E-state index in [1.807, 2.05) is 222 Å². The second-order valence-corrected chi connectivity index (χ2v) is 29.8. The van der Waals surface area contributed by atoms with Crippen LogP contribution in [0.1, 0.15) is 430 Å². The summed E-state index contributed by atoms with van der Waals surface area (Å²) in [7, 11) is 0. The van der Waals surface area contributed by atoms with Crippen LogP contribution in [0.2, 0.25) is 0 Å². The molecule has 6 saturated carbocycles. The predicted molar refractivity (Wildman–Crippen MR) is 549 cm³/mol.